The van der Waals surface area contributed by atoms with Crippen molar-refractivity contribution < 1.29 is 22.8 Å². The lowest BCUT2D eigenvalue weighted by Crippen LogP contribution is -2.41. The second kappa shape index (κ2) is 11.0. The standard InChI is InChI=1S/C24H35N7O5S/c1-4-25-20(32)12-24(13-21(33)26-5-2)11-19(30-36-24)17-14-27-23-18(15-28-31(23)6-3)22(17)29-16-7-9-37(34,35)10-8-16/h14-16H,4-13H2,1-3H3,(H,25,32)(H,26,33)(H,27,29). The molecule has 1 fully saturated rings. The van der Waals surface area contributed by atoms with Gasteiger partial charge in [-0.25, -0.2) is 18.1 Å². The van der Waals surface area contributed by atoms with Gasteiger partial charge in [0, 0.05) is 43.9 Å². The van der Waals surface area contributed by atoms with Gasteiger partial charge in [-0.05, 0) is 33.6 Å². The predicted molar refractivity (Wildman–Crippen MR) is 140 cm³/mol. The smallest absolute Gasteiger partial charge is 0.224 e. The molecule has 0 spiro atoms. The lowest BCUT2D eigenvalue weighted by Gasteiger charge is -2.26. The molecule has 0 saturated carbocycles. The zero-order chi connectivity index (χ0) is 26.6. The minimum absolute atomic E-state index is 0.0162. The topological polar surface area (TPSA) is 157 Å². The van der Waals surface area contributed by atoms with Crippen LogP contribution in [0, 0.1) is 0 Å². The van der Waals surface area contributed by atoms with Gasteiger partial charge in [0.15, 0.2) is 11.2 Å². The molecule has 0 unspecified atom stereocenters. The lowest BCUT2D eigenvalue weighted by atomic mass is 9.87. The van der Waals surface area contributed by atoms with Crippen LogP contribution >= 0.6 is 0 Å². The molecule has 37 heavy (non-hydrogen) atoms. The number of nitrogens with zero attached hydrogens (tertiary/aromatic N) is 4. The average molecular weight is 534 g/mol. The number of hydrogen-bond donors (Lipinski definition) is 3. The highest BCUT2D eigenvalue weighted by molar-refractivity contribution is 7.91. The summed E-state index contributed by atoms with van der Waals surface area (Å²) in [7, 11) is -3.01. The Balaban J connectivity index is 1.67. The van der Waals surface area contributed by atoms with Gasteiger partial charge < -0.3 is 20.8 Å². The van der Waals surface area contributed by atoms with Crippen molar-refractivity contribution in [2.75, 3.05) is 29.9 Å². The Hall–Kier alpha value is -3.22. The Morgan fingerprint density at radius 1 is 1.08 bits per heavy atom. The second-order valence-electron chi connectivity index (χ2n) is 9.56. The van der Waals surface area contributed by atoms with Gasteiger partial charge in [-0.15, -0.1) is 0 Å². The van der Waals surface area contributed by atoms with E-state index in [2.05, 4.69) is 31.2 Å². The first-order valence-corrected chi connectivity index (χ1v) is 14.6. The third kappa shape index (κ3) is 6.03. The minimum atomic E-state index is -3.01. The quantitative estimate of drug-likeness (QED) is 0.413. The fourth-order valence-corrected chi connectivity index (χ4v) is 6.39. The molecule has 13 heteroatoms. The third-order valence-electron chi connectivity index (χ3n) is 6.73. The van der Waals surface area contributed by atoms with Crippen LogP contribution in [0.25, 0.3) is 11.0 Å². The number of nitrogens with one attached hydrogen (secondary N) is 3. The van der Waals surface area contributed by atoms with E-state index in [4.69, 9.17) is 4.84 Å². The number of rotatable bonds is 10. The number of pyridine rings is 1. The summed E-state index contributed by atoms with van der Waals surface area (Å²) in [4.78, 5) is 35.5. The first-order valence-electron chi connectivity index (χ1n) is 12.8. The molecule has 2 amide bonds. The molecule has 2 aliphatic rings. The average Bonchev–Trinajstić information content (AvgIpc) is 3.45. The van der Waals surface area contributed by atoms with E-state index in [9.17, 15) is 18.0 Å². The maximum Gasteiger partial charge on any atom is 0.224 e. The molecule has 0 atom stereocenters. The molecular weight excluding hydrogens is 498 g/mol. The largest absolute Gasteiger partial charge is 0.387 e. The molecule has 3 N–H and O–H groups in total. The van der Waals surface area contributed by atoms with Crippen LogP contribution < -0.4 is 16.0 Å². The van der Waals surface area contributed by atoms with Crippen molar-refractivity contribution >= 4 is 44.1 Å². The molecule has 2 aromatic heterocycles. The maximum atomic E-state index is 12.5. The highest BCUT2D eigenvalue weighted by Gasteiger charge is 2.44. The summed E-state index contributed by atoms with van der Waals surface area (Å²) in [6, 6.07) is -0.0452. The summed E-state index contributed by atoms with van der Waals surface area (Å²) < 4.78 is 25.7. The lowest BCUT2D eigenvalue weighted by molar-refractivity contribution is -0.134. The van der Waals surface area contributed by atoms with Gasteiger partial charge in [0.05, 0.1) is 47.3 Å². The molecule has 2 aromatic rings. The van der Waals surface area contributed by atoms with Crippen molar-refractivity contribution in [2.45, 2.75) is 71.1 Å². The summed E-state index contributed by atoms with van der Waals surface area (Å²) in [5.74, 6) is -0.172. The molecule has 1 saturated heterocycles. The van der Waals surface area contributed by atoms with Crippen molar-refractivity contribution in [3.63, 3.8) is 0 Å². The van der Waals surface area contributed by atoms with Crippen LogP contribution in [0.15, 0.2) is 17.5 Å². The summed E-state index contributed by atoms with van der Waals surface area (Å²) in [6.45, 7) is 7.22. The van der Waals surface area contributed by atoms with Gasteiger partial charge in [-0.2, -0.15) is 5.10 Å². The van der Waals surface area contributed by atoms with E-state index in [-0.39, 0.29) is 48.6 Å². The Bertz CT molecular complexity index is 1270. The van der Waals surface area contributed by atoms with Crippen molar-refractivity contribution in [3.8, 4) is 0 Å². The van der Waals surface area contributed by atoms with Crippen LogP contribution in [0.3, 0.4) is 0 Å². The molecule has 202 valence electrons. The number of aryl methyl sites for hydroxylation is 1. The van der Waals surface area contributed by atoms with Crippen LogP contribution in [0.2, 0.25) is 0 Å². The molecule has 0 radical (unpaired) electrons. The van der Waals surface area contributed by atoms with Gasteiger partial charge in [-0.3, -0.25) is 9.59 Å². The summed E-state index contributed by atoms with van der Waals surface area (Å²) >= 11 is 0. The minimum Gasteiger partial charge on any atom is -0.387 e. The van der Waals surface area contributed by atoms with E-state index in [0.29, 0.717) is 49.4 Å². The first-order chi connectivity index (χ1) is 17.7. The van der Waals surface area contributed by atoms with Crippen LogP contribution in [-0.4, -0.2) is 76.9 Å². The van der Waals surface area contributed by atoms with E-state index in [1.165, 1.54) is 0 Å². The number of fused-ring (bicyclic) bond motifs is 1. The van der Waals surface area contributed by atoms with Gasteiger partial charge in [0.25, 0.3) is 0 Å². The molecule has 4 heterocycles. The SMILES string of the molecule is CCNC(=O)CC1(CC(=O)NCC)CC(c2cnc3c(cnn3CC)c2NC2CCS(=O)(=O)CC2)=NO1. The van der Waals surface area contributed by atoms with E-state index >= 15 is 0 Å². The highest BCUT2D eigenvalue weighted by atomic mass is 32.2. The summed E-state index contributed by atoms with van der Waals surface area (Å²) in [5.41, 5.74) is 1.59. The summed E-state index contributed by atoms with van der Waals surface area (Å²) in [6.07, 6.45) is 4.64. The zero-order valence-electron chi connectivity index (χ0n) is 21.5. The number of sulfone groups is 1. The van der Waals surface area contributed by atoms with Gasteiger partial charge >= 0.3 is 0 Å². The van der Waals surface area contributed by atoms with Gasteiger partial charge in [-0.1, -0.05) is 5.16 Å². The molecular formula is C24H35N7O5S. The molecule has 2 aliphatic heterocycles. The van der Waals surface area contributed by atoms with Crippen molar-refractivity contribution in [3.05, 3.63) is 18.0 Å². The fourth-order valence-electron chi connectivity index (χ4n) is 4.89. The maximum absolute atomic E-state index is 12.5. The number of aromatic nitrogens is 3. The Morgan fingerprint density at radius 2 is 1.73 bits per heavy atom. The first kappa shape index (κ1) is 26.8. The molecule has 0 aliphatic carbocycles. The molecule has 0 aromatic carbocycles. The number of carbonyl (C=O) groups excluding carboxylic acids is 2. The van der Waals surface area contributed by atoms with Crippen LogP contribution in [-0.2, 0) is 30.8 Å². The number of oxime groups is 1. The van der Waals surface area contributed by atoms with E-state index in [1.54, 1.807) is 17.1 Å². The number of carbonyl (C=O) groups is 2. The van der Waals surface area contributed by atoms with Crippen LogP contribution in [0.4, 0.5) is 5.69 Å². The monoisotopic (exact) mass is 533 g/mol. The Morgan fingerprint density at radius 3 is 2.32 bits per heavy atom. The van der Waals surface area contributed by atoms with Crippen LogP contribution in [0.1, 0.15) is 58.4 Å². The van der Waals surface area contributed by atoms with Crippen molar-refractivity contribution in [1.82, 2.24) is 25.4 Å². The zero-order valence-corrected chi connectivity index (χ0v) is 22.4. The normalized spacial score (nSPS) is 18.7. The number of anilines is 1. The third-order valence-corrected chi connectivity index (χ3v) is 8.45. The molecule has 0 bridgehead atoms. The molecule has 12 nitrogen and oxygen atoms in total. The fraction of sp³-hybridized carbons (Fsp3) is 0.625. The summed E-state index contributed by atoms with van der Waals surface area (Å²) in [5, 5.41) is 18.7. The number of hydrogen-bond acceptors (Lipinski definition) is 9. The van der Waals surface area contributed by atoms with Crippen LogP contribution in [0.5, 0.6) is 0 Å². The Kier molecular flexibility index (Phi) is 8.00. The van der Waals surface area contributed by atoms with Gasteiger partial charge in [0.2, 0.25) is 11.8 Å². The van der Waals surface area contributed by atoms with Gasteiger partial charge in [0.1, 0.15) is 9.84 Å². The molecule has 4 rings (SSSR count). The second-order valence-corrected chi connectivity index (χ2v) is 11.9. The number of amides is 2. The Labute approximate surface area is 216 Å². The van der Waals surface area contributed by atoms with E-state index in [0.717, 1.165) is 11.1 Å². The van der Waals surface area contributed by atoms with E-state index < -0.39 is 15.4 Å². The predicted octanol–water partition coefficient (Wildman–Crippen LogP) is 1.36. The van der Waals surface area contributed by atoms with Crippen molar-refractivity contribution in [1.29, 1.82) is 0 Å². The van der Waals surface area contributed by atoms with Crippen molar-refractivity contribution in [2.24, 2.45) is 5.16 Å². The highest BCUT2D eigenvalue weighted by Crippen LogP contribution is 2.37. The van der Waals surface area contributed by atoms with E-state index in [1.807, 2.05) is 20.8 Å².